The van der Waals surface area contributed by atoms with E-state index in [1.165, 1.54) is 0 Å². The third-order valence-electron chi connectivity index (χ3n) is 2.17. The van der Waals surface area contributed by atoms with Crippen LogP contribution in [0, 0.1) is 0 Å². The van der Waals surface area contributed by atoms with Crippen LogP contribution in [0.2, 0.25) is 0 Å². The van der Waals surface area contributed by atoms with Gasteiger partial charge in [0, 0.05) is 5.75 Å². The Kier molecular flexibility index (Phi) is 5.50. The van der Waals surface area contributed by atoms with Gasteiger partial charge in [0.1, 0.15) is 6.04 Å². The van der Waals surface area contributed by atoms with Gasteiger partial charge in [0.05, 0.1) is 22.6 Å². The smallest absolute Gasteiger partial charge is 0.328 e. The van der Waals surface area contributed by atoms with Gasteiger partial charge in [0.25, 0.3) is 0 Å². The minimum Gasteiger partial charge on any atom is -0.480 e. The number of nitrogens with zero attached hydrogens (tertiary/aromatic N) is 1. The Labute approximate surface area is 113 Å². The van der Waals surface area contributed by atoms with Crippen molar-refractivity contribution in [3.63, 3.8) is 0 Å². The van der Waals surface area contributed by atoms with Crippen molar-refractivity contribution in [1.82, 2.24) is 3.93 Å². The predicted molar refractivity (Wildman–Crippen MR) is 71.2 cm³/mol. The van der Waals surface area contributed by atoms with Gasteiger partial charge in [0.2, 0.25) is 5.91 Å². The number of carbonyl (C=O) groups excluding carboxylic acids is 1. The zero-order chi connectivity index (χ0) is 12.8. The van der Waals surface area contributed by atoms with Crippen LogP contribution in [0.1, 0.15) is 5.56 Å². The van der Waals surface area contributed by atoms with E-state index in [0.717, 1.165) is 9.49 Å². The second-order valence-corrected chi connectivity index (χ2v) is 4.53. The molecule has 0 spiro atoms. The molecule has 4 nitrogen and oxygen atoms in total. The van der Waals surface area contributed by atoms with E-state index in [9.17, 15) is 9.59 Å². The van der Waals surface area contributed by atoms with Crippen molar-refractivity contribution in [2.45, 2.75) is 12.5 Å². The second kappa shape index (κ2) is 6.66. The lowest BCUT2D eigenvalue weighted by Gasteiger charge is -2.20. The molecule has 1 aromatic carbocycles. The van der Waals surface area contributed by atoms with Gasteiger partial charge in [-0.3, -0.25) is 8.72 Å². The predicted octanol–water partition coefficient (Wildman–Crippen LogP) is 1.75. The summed E-state index contributed by atoms with van der Waals surface area (Å²) in [6, 6.07) is 8.18. The van der Waals surface area contributed by atoms with Crippen LogP contribution in [-0.4, -0.2) is 32.7 Å². The lowest BCUT2D eigenvalue weighted by atomic mass is 10.1. The van der Waals surface area contributed by atoms with E-state index in [2.05, 4.69) is 28.8 Å². The number of carboxylic acid groups (broad SMARTS) is 1. The van der Waals surface area contributed by atoms with Crippen LogP contribution in [0.3, 0.4) is 0 Å². The van der Waals surface area contributed by atoms with Crippen LogP contribution in [0.4, 0.5) is 0 Å². The Hall–Kier alpha value is -1.01. The number of halogens is 1. The Balaban J connectivity index is 2.67. The van der Waals surface area contributed by atoms with Crippen LogP contribution in [0.15, 0.2) is 30.3 Å². The molecule has 0 aliphatic heterocycles. The van der Waals surface area contributed by atoms with Gasteiger partial charge in [-0.05, 0) is 5.56 Å². The number of aliphatic carboxylic acids is 1. The lowest BCUT2D eigenvalue weighted by molar-refractivity contribution is -0.144. The molecule has 1 atom stereocenters. The van der Waals surface area contributed by atoms with Crippen LogP contribution in [0.5, 0.6) is 0 Å². The van der Waals surface area contributed by atoms with E-state index in [1.54, 1.807) is 0 Å². The molecule has 1 aromatic rings. The van der Waals surface area contributed by atoms with Gasteiger partial charge < -0.3 is 5.11 Å². The van der Waals surface area contributed by atoms with Crippen LogP contribution in [0.25, 0.3) is 0 Å². The van der Waals surface area contributed by atoms with Gasteiger partial charge in [-0.25, -0.2) is 4.79 Å². The van der Waals surface area contributed by atoms with E-state index in [1.807, 2.05) is 30.3 Å². The molecule has 1 amide bonds. The van der Waals surface area contributed by atoms with E-state index in [-0.39, 0.29) is 18.1 Å². The van der Waals surface area contributed by atoms with E-state index < -0.39 is 12.0 Å². The van der Waals surface area contributed by atoms with Crippen molar-refractivity contribution in [3.05, 3.63) is 35.9 Å². The lowest BCUT2D eigenvalue weighted by Crippen LogP contribution is -2.40. The van der Waals surface area contributed by atoms with Gasteiger partial charge in [0.15, 0.2) is 0 Å². The molecule has 0 saturated carbocycles. The molecule has 0 heterocycles. The molecule has 17 heavy (non-hydrogen) atoms. The molecule has 6 heteroatoms. The molecule has 92 valence electrons. The van der Waals surface area contributed by atoms with Crippen LogP contribution >= 0.6 is 28.8 Å². The number of thiol groups is 1. The Morgan fingerprint density at radius 2 is 1.94 bits per heavy atom. The van der Waals surface area contributed by atoms with Crippen molar-refractivity contribution in [1.29, 1.82) is 0 Å². The molecule has 0 unspecified atom stereocenters. The molecule has 0 aromatic heterocycles. The Bertz CT molecular complexity index is 399. The normalized spacial score (nSPS) is 11.9. The van der Waals surface area contributed by atoms with E-state index in [4.69, 9.17) is 5.11 Å². The fourth-order valence-electron chi connectivity index (χ4n) is 1.27. The third-order valence-corrected chi connectivity index (χ3v) is 3.40. The minimum atomic E-state index is -1.08. The van der Waals surface area contributed by atoms with Gasteiger partial charge in [-0.15, -0.1) is 0 Å². The summed E-state index contributed by atoms with van der Waals surface area (Å²) < 4.78 is 1.04. The van der Waals surface area contributed by atoms with Crippen molar-refractivity contribution in [2.75, 3.05) is 5.75 Å². The molecule has 0 saturated heterocycles. The first-order chi connectivity index (χ1) is 8.06. The Morgan fingerprint density at radius 3 is 2.41 bits per heavy atom. The standard InChI is InChI=1S/C11H12BrNO3S/c12-13(9(7-17)11(15)16)10(14)6-8-4-2-1-3-5-8/h1-5,9,17H,6-7H2,(H,15,16)/t9-/m0/s1. The summed E-state index contributed by atoms with van der Waals surface area (Å²) in [7, 11) is 0. The molecular formula is C11H12BrNO3S. The number of hydrogen-bond acceptors (Lipinski definition) is 3. The molecule has 0 bridgehead atoms. The quantitative estimate of drug-likeness (QED) is 0.642. The second-order valence-electron chi connectivity index (χ2n) is 3.40. The molecular weight excluding hydrogens is 306 g/mol. The average molecular weight is 318 g/mol. The van der Waals surface area contributed by atoms with Gasteiger partial charge in [-0.2, -0.15) is 12.6 Å². The van der Waals surface area contributed by atoms with Crippen LogP contribution < -0.4 is 0 Å². The number of amides is 1. The maximum atomic E-state index is 11.8. The maximum Gasteiger partial charge on any atom is 0.328 e. The monoisotopic (exact) mass is 317 g/mol. The molecule has 0 fully saturated rings. The first kappa shape index (κ1) is 14.1. The highest BCUT2D eigenvalue weighted by Gasteiger charge is 2.26. The van der Waals surface area contributed by atoms with Crippen molar-refractivity contribution < 1.29 is 14.7 Å². The number of carboxylic acids is 1. The van der Waals surface area contributed by atoms with E-state index >= 15 is 0 Å². The first-order valence-electron chi connectivity index (χ1n) is 4.91. The highest BCUT2D eigenvalue weighted by molar-refractivity contribution is 9.07. The highest BCUT2D eigenvalue weighted by atomic mass is 79.9. The highest BCUT2D eigenvalue weighted by Crippen LogP contribution is 2.12. The summed E-state index contributed by atoms with van der Waals surface area (Å²) in [6.07, 6.45) is 0.156. The van der Waals surface area contributed by atoms with Crippen LogP contribution in [-0.2, 0) is 16.0 Å². The molecule has 0 aliphatic rings. The summed E-state index contributed by atoms with van der Waals surface area (Å²) in [5, 5.41) is 8.89. The number of hydrogen-bond donors (Lipinski definition) is 2. The van der Waals surface area contributed by atoms with Gasteiger partial charge >= 0.3 is 5.97 Å². The fraction of sp³-hybridized carbons (Fsp3) is 0.273. The zero-order valence-electron chi connectivity index (χ0n) is 8.91. The van der Waals surface area contributed by atoms with Crippen molar-refractivity contribution in [3.8, 4) is 0 Å². The van der Waals surface area contributed by atoms with Crippen molar-refractivity contribution >= 4 is 40.7 Å². The minimum absolute atomic E-state index is 0.0567. The average Bonchev–Trinajstić information content (AvgIpc) is 2.30. The first-order valence-corrected chi connectivity index (χ1v) is 6.26. The zero-order valence-corrected chi connectivity index (χ0v) is 11.4. The largest absolute Gasteiger partial charge is 0.480 e. The third kappa shape index (κ3) is 4.05. The molecule has 0 radical (unpaired) electrons. The topological polar surface area (TPSA) is 57.6 Å². The summed E-state index contributed by atoms with van der Waals surface area (Å²) in [5.74, 6) is -1.34. The molecule has 1 N–H and O–H groups in total. The fourth-order valence-corrected chi connectivity index (χ4v) is 2.26. The SMILES string of the molecule is O=C(O)[C@H](CS)N(Br)C(=O)Cc1ccccc1. The summed E-state index contributed by atoms with van der Waals surface area (Å²) in [6.45, 7) is 0. The maximum absolute atomic E-state index is 11.8. The van der Waals surface area contributed by atoms with Crippen molar-refractivity contribution in [2.24, 2.45) is 0 Å². The van der Waals surface area contributed by atoms with E-state index in [0.29, 0.717) is 0 Å². The number of benzene rings is 1. The number of rotatable bonds is 5. The summed E-state index contributed by atoms with van der Waals surface area (Å²) >= 11 is 6.89. The summed E-state index contributed by atoms with van der Waals surface area (Å²) in [4.78, 5) is 22.7. The molecule has 0 aliphatic carbocycles. The number of carbonyl (C=O) groups is 2. The van der Waals surface area contributed by atoms with Gasteiger partial charge in [-0.1, -0.05) is 30.3 Å². The summed E-state index contributed by atoms with van der Waals surface area (Å²) in [5.41, 5.74) is 0.838. The molecule has 1 rings (SSSR count). The Morgan fingerprint density at radius 1 is 1.35 bits per heavy atom.